The van der Waals surface area contributed by atoms with Gasteiger partial charge in [0.25, 0.3) is 0 Å². The van der Waals surface area contributed by atoms with Crippen LogP contribution in [-0.2, 0) is 17.8 Å². The zero-order chi connectivity index (χ0) is 20.2. The van der Waals surface area contributed by atoms with Gasteiger partial charge in [-0.1, -0.05) is 37.3 Å². The number of benzene rings is 2. The van der Waals surface area contributed by atoms with E-state index in [0.29, 0.717) is 12.3 Å². The first-order valence-electron chi connectivity index (χ1n) is 9.79. The summed E-state index contributed by atoms with van der Waals surface area (Å²) in [5.74, 6) is 0.142. The van der Waals surface area contributed by atoms with Gasteiger partial charge in [-0.3, -0.25) is 4.79 Å². The molecule has 4 rings (SSSR count). The van der Waals surface area contributed by atoms with Crippen LogP contribution < -0.4 is 5.32 Å². The predicted molar refractivity (Wildman–Crippen MR) is 111 cm³/mol. The van der Waals surface area contributed by atoms with E-state index in [1.165, 1.54) is 17.7 Å². The summed E-state index contributed by atoms with van der Waals surface area (Å²) in [6, 6.07) is 16.2. The molecule has 4 aromatic rings. The zero-order valence-corrected chi connectivity index (χ0v) is 16.2. The number of aryl methyl sites for hydroxylation is 1. The van der Waals surface area contributed by atoms with Crippen molar-refractivity contribution in [1.29, 1.82) is 0 Å². The Hall–Kier alpha value is -3.34. The van der Waals surface area contributed by atoms with Crippen molar-refractivity contribution in [1.82, 2.24) is 10.3 Å². The summed E-state index contributed by atoms with van der Waals surface area (Å²) in [6.45, 7) is 2.46. The SMILES string of the molecule is CCc1cccc2c(C(CC(=O)NCc3ccco3)c3ccc(F)cc3)c[nH]c12. The van der Waals surface area contributed by atoms with Gasteiger partial charge in [-0.25, -0.2) is 4.39 Å². The molecule has 0 aliphatic heterocycles. The summed E-state index contributed by atoms with van der Waals surface area (Å²) in [6.07, 6.45) is 4.73. The van der Waals surface area contributed by atoms with Crippen molar-refractivity contribution in [2.75, 3.05) is 0 Å². The van der Waals surface area contributed by atoms with Gasteiger partial charge in [-0.2, -0.15) is 0 Å². The quantitative estimate of drug-likeness (QED) is 0.450. The van der Waals surface area contributed by atoms with E-state index in [0.717, 1.165) is 28.5 Å². The lowest BCUT2D eigenvalue weighted by atomic mass is 9.87. The van der Waals surface area contributed by atoms with Crippen molar-refractivity contribution in [3.63, 3.8) is 0 Å². The summed E-state index contributed by atoms with van der Waals surface area (Å²) in [5, 5.41) is 4.01. The largest absolute Gasteiger partial charge is 0.467 e. The van der Waals surface area contributed by atoms with Crippen LogP contribution in [0.15, 0.2) is 71.5 Å². The van der Waals surface area contributed by atoms with Gasteiger partial charge in [-0.05, 0) is 47.4 Å². The monoisotopic (exact) mass is 390 g/mol. The molecule has 0 bridgehead atoms. The molecule has 0 fully saturated rings. The summed E-state index contributed by atoms with van der Waals surface area (Å²) in [4.78, 5) is 16.1. The standard InChI is InChI=1S/C24H23FN2O2/c1-2-16-5-3-7-20-22(15-27-24(16)20)21(17-8-10-18(25)11-9-17)13-23(28)26-14-19-6-4-12-29-19/h3-12,15,21,27H,2,13-14H2,1H3,(H,26,28). The Bertz CT molecular complexity index is 1100. The third kappa shape index (κ3) is 4.09. The Balaban J connectivity index is 1.65. The molecular formula is C24H23FN2O2. The number of H-pyrrole nitrogens is 1. The lowest BCUT2D eigenvalue weighted by Gasteiger charge is -2.17. The summed E-state index contributed by atoms with van der Waals surface area (Å²) < 4.78 is 18.8. The second-order valence-corrected chi connectivity index (χ2v) is 7.10. The molecule has 1 amide bonds. The Morgan fingerprint density at radius 2 is 1.97 bits per heavy atom. The number of carbonyl (C=O) groups excluding carboxylic acids is 1. The third-order valence-corrected chi connectivity index (χ3v) is 5.29. The molecule has 0 saturated heterocycles. The number of rotatable bonds is 7. The van der Waals surface area contributed by atoms with Gasteiger partial charge >= 0.3 is 0 Å². The third-order valence-electron chi connectivity index (χ3n) is 5.29. The second kappa shape index (κ2) is 8.35. The minimum atomic E-state index is -0.290. The van der Waals surface area contributed by atoms with Crippen LogP contribution in [0.2, 0.25) is 0 Å². The van der Waals surface area contributed by atoms with Crippen molar-refractivity contribution >= 4 is 16.8 Å². The number of halogens is 1. The van der Waals surface area contributed by atoms with Crippen molar-refractivity contribution in [2.24, 2.45) is 0 Å². The van der Waals surface area contributed by atoms with E-state index in [1.54, 1.807) is 24.5 Å². The highest BCUT2D eigenvalue weighted by molar-refractivity contribution is 5.88. The van der Waals surface area contributed by atoms with Gasteiger partial charge in [0.1, 0.15) is 11.6 Å². The second-order valence-electron chi connectivity index (χ2n) is 7.10. The first-order valence-corrected chi connectivity index (χ1v) is 9.79. The molecule has 4 nitrogen and oxygen atoms in total. The lowest BCUT2D eigenvalue weighted by Crippen LogP contribution is -2.24. The number of hydrogen-bond donors (Lipinski definition) is 2. The Morgan fingerprint density at radius 3 is 2.69 bits per heavy atom. The number of furan rings is 1. The van der Waals surface area contributed by atoms with E-state index >= 15 is 0 Å². The highest BCUT2D eigenvalue weighted by Gasteiger charge is 2.22. The van der Waals surface area contributed by atoms with Crippen LogP contribution >= 0.6 is 0 Å². The highest BCUT2D eigenvalue weighted by Crippen LogP contribution is 2.34. The van der Waals surface area contributed by atoms with Gasteiger partial charge in [0.2, 0.25) is 5.91 Å². The number of aromatic nitrogens is 1. The number of para-hydroxylation sites is 1. The van der Waals surface area contributed by atoms with Crippen LogP contribution in [0.4, 0.5) is 4.39 Å². The molecule has 0 saturated carbocycles. The van der Waals surface area contributed by atoms with Gasteiger partial charge in [0.15, 0.2) is 0 Å². The van der Waals surface area contributed by atoms with Gasteiger partial charge in [0.05, 0.1) is 12.8 Å². The Kier molecular flexibility index (Phi) is 5.47. The average Bonchev–Trinajstić information content (AvgIpc) is 3.41. The van der Waals surface area contributed by atoms with Crippen LogP contribution in [0.5, 0.6) is 0 Å². The molecule has 1 atom stereocenters. The molecule has 5 heteroatoms. The number of aromatic amines is 1. The van der Waals surface area contributed by atoms with E-state index in [9.17, 15) is 9.18 Å². The number of nitrogens with one attached hydrogen (secondary N) is 2. The number of fused-ring (bicyclic) bond motifs is 1. The van der Waals surface area contributed by atoms with E-state index in [4.69, 9.17) is 4.42 Å². The van der Waals surface area contributed by atoms with Crippen molar-refractivity contribution in [2.45, 2.75) is 32.2 Å². The molecule has 2 aromatic carbocycles. The molecule has 1 unspecified atom stereocenters. The maximum Gasteiger partial charge on any atom is 0.221 e. The maximum atomic E-state index is 13.5. The predicted octanol–water partition coefficient (Wildman–Crippen LogP) is 5.30. The minimum absolute atomic E-state index is 0.0864. The molecule has 2 heterocycles. The van der Waals surface area contributed by atoms with Crippen molar-refractivity contribution in [3.05, 3.63) is 95.3 Å². The molecule has 29 heavy (non-hydrogen) atoms. The van der Waals surface area contributed by atoms with Crippen LogP contribution in [0.25, 0.3) is 10.9 Å². The minimum Gasteiger partial charge on any atom is -0.467 e. The number of hydrogen-bond acceptors (Lipinski definition) is 2. The maximum absolute atomic E-state index is 13.5. The Morgan fingerprint density at radius 1 is 1.14 bits per heavy atom. The number of carbonyl (C=O) groups is 1. The molecule has 0 aliphatic carbocycles. The summed E-state index contributed by atoms with van der Waals surface area (Å²) >= 11 is 0. The fourth-order valence-corrected chi connectivity index (χ4v) is 3.78. The smallest absolute Gasteiger partial charge is 0.221 e. The van der Waals surface area contributed by atoms with E-state index in [2.05, 4.69) is 29.4 Å². The van der Waals surface area contributed by atoms with Crippen molar-refractivity contribution < 1.29 is 13.6 Å². The normalized spacial score (nSPS) is 12.2. The molecule has 148 valence electrons. The van der Waals surface area contributed by atoms with Gasteiger partial charge < -0.3 is 14.7 Å². The van der Waals surface area contributed by atoms with Gasteiger partial charge in [0, 0.05) is 29.4 Å². The molecule has 2 N–H and O–H groups in total. The van der Waals surface area contributed by atoms with Crippen LogP contribution in [0.3, 0.4) is 0 Å². The Labute approximate surface area is 168 Å². The molecule has 2 aromatic heterocycles. The highest BCUT2D eigenvalue weighted by atomic mass is 19.1. The fourth-order valence-electron chi connectivity index (χ4n) is 3.78. The van der Waals surface area contributed by atoms with Crippen LogP contribution in [-0.4, -0.2) is 10.9 Å². The lowest BCUT2D eigenvalue weighted by molar-refractivity contribution is -0.121. The first-order chi connectivity index (χ1) is 14.2. The summed E-state index contributed by atoms with van der Waals surface area (Å²) in [7, 11) is 0. The molecular weight excluding hydrogens is 367 g/mol. The van der Waals surface area contributed by atoms with E-state index < -0.39 is 0 Å². The van der Waals surface area contributed by atoms with Crippen LogP contribution in [0.1, 0.15) is 41.7 Å². The fraction of sp³-hybridized carbons (Fsp3) is 0.208. The van der Waals surface area contributed by atoms with E-state index in [-0.39, 0.29) is 24.1 Å². The van der Waals surface area contributed by atoms with Crippen molar-refractivity contribution in [3.8, 4) is 0 Å². The van der Waals surface area contributed by atoms with E-state index in [1.807, 2.05) is 18.3 Å². The summed E-state index contributed by atoms with van der Waals surface area (Å²) in [5.41, 5.74) is 4.26. The zero-order valence-electron chi connectivity index (χ0n) is 16.2. The molecule has 0 spiro atoms. The topological polar surface area (TPSA) is 58.0 Å². The van der Waals surface area contributed by atoms with Crippen LogP contribution in [0, 0.1) is 5.82 Å². The molecule has 0 aliphatic rings. The average molecular weight is 390 g/mol. The molecule has 0 radical (unpaired) electrons. The first kappa shape index (κ1) is 19.0. The van der Waals surface area contributed by atoms with Gasteiger partial charge in [-0.15, -0.1) is 0 Å². The number of amides is 1.